The quantitative estimate of drug-likeness (QED) is 0.831. The van der Waals surface area contributed by atoms with Crippen molar-refractivity contribution in [2.75, 3.05) is 29.6 Å². The van der Waals surface area contributed by atoms with Crippen LogP contribution in [0.15, 0.2) is 48.5 Å². The van der Waals surface area contributed by atoms with E-state index in [2.05, 4.69) is 10.6 Å². The van der Waals surface area contributed by atoms with Crippen LogP contribution in [0, 0.1) is 0 Å². The standard InChI is InChI=1S/C15H16ClN3S/c1-19(2)14-9-7-13(8-10-14)18-15(20)17-12-5-3-11(16)4-6-12/h3-10H,1-2H3,(H2,17,18,20). The molecule has 0 atom stereocenters. The summed E-state index contributed by atoms with van der Waals surface area (Å²) in [6.07, 6.45) is 0. The van der Waals surface area contributed by atoms with Gasteiger partial charge in [-0.1, -0.05) is 11.6 Å². The largest absolute Gasteiger partial charge is 0.378 e. The van der Waals surface area contributed by atoms with E-state index in [0.29, 0.717) is 10.1 Å². The minimum absolute atomic E-state index is 0.546. The SMILES string of the molecule is CN(C)c1ccc(NC(=S)Nc2ccc(Cl)cc2)cc1. The van der Waals surface area contributed by atoms with E-state index in [4.69, 9.17) is 23.8 Å². The minimum atomic E-state index is 0.546. The van der Waals surface area contributed by atoms with Crippen molar-refractivity contribution >= 4 is 46.0 Å². The van der Waals surface area contributed by atoms with Crippen molar-refractivity contribution in [3.05, 3.63) is 53.6 Å². The summed E-state index contributed by atoms with van der Waals surface area (Å²) in [5.74, 6) is 0. The molecule has 2 aromatic carbocycles. The summed E-state index contributed by atoms with van der Waals surface area (Å²) in [4.78, 5) is 2.05. The van der Waals surface area contributed by atoms with E-state index in [1.807, 2.05) is 67.5 Å². The van der Waals surface area contributed by atoms with Gasteiger partial charge in [0.2, 0.25) is 0 Å². The molecule has 2 aromatic rings. The van der Waals surface area contributed by atoms with Crippen LogP contribution in [-0.2, 0) is 0 Å². The van der Waals surface area contributed by atoms with Crippen LogP contribution in [-0.4, -0.2) is 19.2 Å². The Balaban J connectivity index is 1.95. The molecule has 0 amide bonds. The number of halogens is 1. The molecule has 0 aliphatic carbocycles. The average molecular weight is 306 g/mol. The van der Waals surface area contributed by atoms with Gasteiger partial charge in [0.05, 0.1) is 0 Å². The van der Waals surface area contributed by atoms with E-state index in [0.717, 1.165) is 17.1 Å². The van der Waals surface area contributed by atoms with Crippen molar-refractivity contribution in [2.45, 2.75) is 0 Å². The molecule has 2 rings (SSSR count). The number of nitrogens with one attached hydrogen (secondary N) is 2. The van der Waals surface area contributed by atoms with Gasteiger partial charge < -0.3 is 15.5 Å². The molecular weight excluding hydrogens is 290 g/mol. The second kappa shape index (κ2) is 6.59. The maximum absolute atomic E-state index is 5.84. The highest BCUT2D eigenvalue weighted by Crippen LogP contribution is 2.17. The first-order valence-electron chi connectivity index (χ1n) is 6.15. The number of rotatable bonds is 3. The summed E-state index contributed by atoms with van der Waals surface area (Å²) >= 11 is 11.1. The van der Waals surface area contributed by atoms with Gasteiger partial charge >= 0.3 is 0 Å². The Morgan fingerprint density at radius 3 is 1.80 bits per heavy atom. The van der Waals surface area contributed by atoms with Gasteiger partial charge in [0.25, 0.3) is 0 Å². The third-order valence-corrected chi connectivity index (χ3v) is 3.20. The smallest absolute Gasteiger partial charge is 0.175 e. The molecule has 104 valence electrons. The van der Waals surface area contributed by atoms with Crippen molar-refractivity contribution in [3.63, 3.8) is 0 Å². The third-order valence-electron chi connectivity index (χ3n) is 2.74. The van der Waals surface area contributed by atoms with E-state index in [9.17, 15) is 0 Å². The molecular formula is C15H16ClN3S. The van der Waals surface area contributed by atoms with Crippen molar-refractivity contribution < 1.29 is 0 Å². The lowest BCUT2D eigenvalue weighted by atomic mass is 10.2. The summed E-state index contributed by atoms with van der Waals surface area (Å²) in [6.45, 7) is 0. The average Bonchev–Trinajstić information content (AvgIpc) is 2.42. The van der Waals surface area contributed by atoms with Gasteiger partial charge in [-0.3, -0.25) is 0 Å². The molecule has 0 bridgehead atoms. The second-order valence-corrected chi connectivity index (χ2v) is 5.37. The Morgan fingerprint density at radius 2 is 1.35 bits per heavy atom. The highest BCUT2D eigenvalue weighted by Gasteiger charge is 2.00. The van der Waals surface area contributed by atoms with Crippen LogP contribution >= 0.6 is 23.8 Å². The lowest BCUT2D eigenvalue weighted by molar-refractivity contribution is 1.13. The summed E-state index contributed by atoms with van der Waals surface area (Å²) < 4.78 is 0. The predicted molar refractivity (Wildman–Crippen MR) is 92.1 cm³/mol. The fourth-order valence-corrected chi connectivity index (χ4v) is 2.03. The zero-order chi connectivity index (χ0) is 14.5. The molecule has 0 spiro atoms. The van der Waals surface area contributed by atoms with Crippen molar-refractivity contribution in [1.82, 2.24) is 0 Å². The van der Waals surface area contributed by atoms with Crippen molar-refractivity contribution in [2.24, 2.45) is 0 Å². The van der Waals surface area contributed by atoms with Gasteiger partial charge in [0, 0.05) is 36.2 Å². The molecule has 0 saturated carbocycles. The third kappa shape index (κ3) is 4.11. The monoisotopic (exact) mass is 305 g/mol. The first kappa shape index (κ1) is 14.6. The molecule has 5 heteroatoms. The second-order valence-electron chi connectivity index (χ2n) is 4.53. The maximum atomic E-state index is 5.84. The Morgan fingerprint density at radius 1 is 0.900 bits per heavy atom. The first-order valence-corrected chi connectivity index (χ1v) is 6.94. The van der Waals surface area contributed by atoms with Gasteiger partial charge in [-0.2, -0.15) is 0 Å². The molecule has 0 unspecified atom stereocenters. The highest BCUT2D eigenvalue weighted by atomic mass is 35.5. The van der Waals surface area contributed by atoms with E-state index in [-0.39, 0.29) is 0 Å². The number of hydrogen-bond acceptors (Lipinski definition) is 2. The van der Waals surface area contributed by atoms with Crippen molar-refractivity contribution in [3.8, 4) is 0 Å². The molecule has 0 fully saturated rings. The number of anilines is 3. The molecule has 2 N–H and O–H groups in total. The number of thiocarbonyl (C=S) groups is 1. The van der Waals surface area contributed by atoms with Crippen molar-refractivity contribution in [1.29, 1.82) is 0 Å². The Kier molecular flexibility index (Phi) is 4.82. The van der Waals surface area contributed by atoms with Gasteiger partial charge in [-0.05, 0) is 60.7 Å². The number of nitrogens with zero attached hydrogens (tertiary/aromatic N) is 1. The Labute approximate surface area is 129 Å². The molecule has 0 aliphatic rings. The number of hydrogen-bond donors (Lipinski definition) is 2. The van der Waals surface area contributed by atoms with Gasteiger partial charge in [0.1, 0.15) is 0 Å². The van der Waals surface area contributed by atoms with Crippen LogP contribution in [0.2, 0.25) is 5.02 Å². The maximum Gasteiger partial charge on any atom is 0.175 e. The zero-order valence-corrected chi connectivity index (χ0v) is 12.9. The summed E-state index contributed by atoms with van der Waals surface area (Å²) in [5.41, 5.74) is 2.99. The summed E-state index contributed by atoms with van der Waals surface area (Å²) in [7, 11) is 4.02. The van der Waals surface area contributed by atoms with E-state index >= 15 is 0 Å². The van der Waals surface area contributed by atoms with E-state index in [1.54, 1.807) is 0 Å². The van der Waals surface area contributed by atoms with Gasteiger partial charge in [0.15, 0.2) is 5.11 Å². The molecule has 0 radical (unpaired) electrons. The molecule has 3 nitrogen and oxygen atoms in total. The Hall–Kier alpha value is -1.78. The lowest BCUT2D eigenvalue weighted by Gasteiger charge is -2.14. The zero-order valence-electron chi connectivity index (χ0n) is 11.4. The number of benzene rings is 2. The summed E-state index contributed by atoms with van der Waals surface area (Å²) in [6, 6.07) is 15.4. The lowest BCUT2D eigenvalue weighted by Crippen LogP contribution is -2.19. The highest BCUT2D eigenvalue weighted by molar-refractivity contribution is 7.80. The fourth-order valence-electron chi connectivity index (χ4n) is 1.67. The van der Waals surface area contributed by atoms with E-state index in [1.165, 1.54) is 0 Å². The topological polar surface area (TPSA) is 27.3 Å². The fraction of sp³-hybridized carbons (Fsp3) is 0.133. The van der Waals surface area contributed by atoms with E-state index < -0.39 is 0 Å². The van der Waals surface area contributed by atoms with Crippen LogP contribution in [0.25, 0.3) is 0 Å². The Bertz CT molecular complexity index is 579. The molecule has 0 aromatic heterocycles. The van der Waals surface area contributed by atoms with Gasteiger partial charge in [-0.15, -0.1) is 0 Å². The van der Waals surface area contributed by atoms with Crippen LogP contribution in [0.4, 0.5) is 17.1 Å². The minimum Gasteiger partial charge on any atom is -0.378 e. The van der Waals surface area contributed by atoms with Gasteiger partial charge in [-0.25, -0.2) is 0 Å². The van der Waals surface area contributed by atoms with Crippen LogP contribution in [0.1, 0.15) is 0 Å². The van der Waals surface area contributed by atoms with Crippen LogP contribution in [0.3, 0.4) is 0 Å². The predicted octanol–water partition coefficient (Wildman–Crippen LogP) is 4.21. The summed E-state index contributed by atoms with van der Waals surface area (Å²) in [5, 5.41) is 7.49. The normalized spacial score (nSPS) is 9.95. The van der Waals surface area contributed by atoms with Crippen LogP contribution in [0.5, 0.6) is 0 Å². The molecule has 20 heavy (non-hydrogen) atoms. The molecule has 0 aliphatic heterocycles. The van der Waals surface area contributed by atoms with Crippen LogP contribution < -0.4 is 15.5 Å². The molecule has 0 heterocycles. The first-order chi connectivity index (χ1) is 9.54. The molecule has 0 saturated heterocycles.